The maximum atomic E-state index is 13.3. The highest BCUT2D eigenvalue weighted by Crippen LogP contribution is 2.37. The molecule has 8 nitrogen and oxygen atoms in total. The first-order valence-corrected chi connectivity index (χ1v) is 13.6. The number of phosphoric ester groups is 1. The summed E-state index contributed by atoms with van der Waals surface area (Å²) in [6.07, 6.45) is -4.11. The zero-order chi connectivity index (χ0) is 27.7. The van der Waals surface area contributed by atoms with Crippen LogP contribution in [0.5, 0.6) is 11.5 Å². The van der Waals surface area contributed by atoms with E-state index in [2.05, 4.69) is 4.52 Å². The molecule has 0 bridgehead atoms. The quantitative estimate of drug-likeness (QED) is 0.164. The van der Waals surface area contributed by atoms with E-state index in [1.807, 2.05) is 0 Å². The first-order valence-electron chi connectivity index (χ1n) is 11.2. The molecule has 0 spiro atoms. The van der Waals surface area contributed by atoms with Gasteiger partial charge in [0.2, 0.25) is 0 Å². The number of fused-ring (bicyclic) bond motifs is 2. The maximum absolute atomic E-state index is 13.3. The summed E-state index contributed by atoms with van der Waals surface area (Å²) >= 11 is 1.36. The first-order chi connectivity index (χ1) is 17.8. The third kappa shape index (κ3) is 6.78. The molecule has 1 aromatic heterocycles. The Bertz CT molecular complexity index is 1590. The van der Waals surface area contributed by atoms with Gasteiger partial charge in [0.1, 0.15) is 11.5 Å². The number of benzene rings is 3. The third-order valence-electron chi connectivity index (χ3n) is 5.85. The SMILES string of the molecule is NC(CO)(CCc1ccc2sc3ccc(Oc4cccc(C(F)(F)F)c4)cc3c(=O)c2c1)COP(=O)(O)O. The van der Waals surface area contributed by atoms with Gasteiger partial charge in [-0.05, 0) is 66.9 Å². The smallest absolute Gasteiger partial charge is 0.457 e. The van der Waals surface area contributed by atoms with E-state index < -0.39 is 38.3 Å². The topological polar surface area (TPSA) is 139 Å². The van der Waals surface area contributed by atoms with E-state index in [0.717, 1.165) is 12.1 Å². The molecule has 0 saturated carbocycles. The lowest BCUT2D eigenvalue weighted by Crippen LogP contribution is -2.48. The molecule has 0 saturated heterocycles. The van der Waals surface area contributed by atoms with Crippen molar-refractivity contribution < 1.29 is 41.9 Å². The van der Waals surface area contributed by atoms with E-state index in [1.54, 1.807) is 30.3 Å². The number of nitrogens with two attached hydrogens (primary N) is 1. The molecule has 0 fully saturated rings. The van der Waals surface area contributed by atoms with E-state index in [1.165, 1.54) is 29.5 Å². The van der Waals surface area contributed by atoms with Crippen LogP contribution in [0.4, 0.5) is 13.2 Å². The molecule has 0 aliphatic rings. The second-order valence-electron chi connectivity index (χ2n) is 8.83. The second kappa shape index (κ2) is 10.7. The molecule has 4 aromatic rings. The molecule has 5 N–H and O–H groups in total. The monoisotopic (exact) mass is 569 g/mol. The first kappa shape index (κ1) is 28.2. The van der Waals surface area contributed by atoms with Gasteiger partial charge >= 0.3 is 14.0 Å². The van der Waals surface area contributed by atoms with Crippen molar-refractivity contribution in [1.82, 2.24) is 0 Å². The van der Waals surface area contributed by atoms with Crippen molar-refractivity contribution in [1.29, 1.82) is 0 Å². The van der Waals surface area contributed by atoms with Crippen LogP contribution in [0.25, 0.3) is 20.2 Å². The average molecular weight is 569 g/mol. The molecule has 3 aromatic carbocycles. The number of halogens is 3. The van der Waals surface area contributed by atoms with Crippen LogP contribution >= 0.6 is 19.2 Å². The summed E-state index contributed by atoms with van der Waals surface area (Å²) in [7, 11) is -4.76. The molecule has 0 aliphatic carbocycles. The highest BCUT2D eigenvalue weighted by atomic mass is 32.1. The lowest BCUT2D eigenvalue weighted by atomic mass is 9.93. The highest BCUT2D eigenvalue weighted by molar-refractivity contribution is 7.46. The largest absolute Gasteiger partial charge is 0.469 e. The Morgan fingerprint density at radius 3 is 2.26 bits per heavy atom. The van der Waals surface area contributed by atoms with Crippen LogP contribution in [0.15, 0.2) is 65.5 Å². The summed E-state index contributed by atoms with van der Waals surface area (Å²) in [6, 6.07) is 14.4. The van der Waals surface area contributed by atoms with Gasteiger partial charge in [0, 0.05) is 20.2 Å². The second-order valence-corrected chi connectivity index (χ2v) is 11.2. The normalized spacial score (nSPS) is 14.1. The van der Waals surface area contributed by atoms with E-state index in [-0.39, 0.29) is 23.3 Å². The highest BCUT2D eigenvalue weighted by Gasteiger charge is 2.31. The number of hydrogen-bond donors (Lipinski definition) is 4. The van der Waals surface area contributed by atoms with Crippen molar-refractivity contribution in [2.24, 2.45) is 5.73 Å². The van der Waals surface area contributed by atoms with Gasteiger partial charge in [-0.25, -0.2) is 4.57 Å². The van der Waals surface area contributed by atoms with Crippen LogP contribution in [-0.4, -0.2) is 33.6 Å². The fourth-order valence-electron chi connectivity index (χ4n) is 3.78. The number of aliphatic hydroxyl groups is 1. The lowest BCUT2D eigenvalue weighted by Gasteiger charge is -2.27. The molecule has 202 valence electrons. The minimum Gasteiger partial charge on any atom is -0.457 e. The van der Waals surface area contributed by atoms with Crippen molar-refractivity contribution in [2.75, 3.05) is 13.2 Å². The summed E-state index contributed by atoms with van der Waals surface area (Å²) in [4.78, 5) is 31.1. The fourth-order valence-corrected chi connectivity index (χ4v) is 5.23. The van der Waals surface area contributed by atoms with Gasteiger partial charge in [-0.15, -0.1) is 11.3 Å². The summed E-state index contributed by atoms with van der Waals surface area (Å²) in [6.45, 7) is -1.13. The Kier molecular flexibility index (Phi) is 7.96. The van der Waals surface area contributed by atoms with Gasteiger partial charge in [0.15, 0.2) is 5.43 Å². The number of hydrogen-bond acceptors (Lipinski definition) is 7. The summed E-state index contributed by atoms with van der Waals surface area (Å²) in [5.41, 5.74) is 4.18. The Labute approximate surface area is 218 Å². The summed E-state index contributed by atoms with van der Waals surface area (Å²) in [5.74, 6) is 0.188. The van der Waals surface area contributed by atoms with Gasteiger partial charge in [-0.1, -0.05) is 12.1 Å². The molecule has 1 heterocycles. The van der Waals surface area contributed by atoms with Gasteiger partial charge < -0.3 is 25.4 Å². The Hall–Kier alpha value is -2.83. The number of rotatable bonds is 9. The molecule has 13 heteroatoms. The van der Waals surface area contributed by atoms with Crippen molar-refractivity contribution in [2.45, 2.75) is 24.6 Å². The van der Waals surface area contributed by atoms with Crippen molar-refractivity contribution in [3.8, 4) is 11.5 Å². The standard InChI is InChI=1S/C25H23F3NO7PS/c26-25(27,28)16-2-1-3-17(11-16)36-18-5-7-22-20(12-18)23(31)19-10-15(4-6-21(19)38-22)8-9-24(29,13-30)14-35-37(32,33)34/h1-7,10-12,30H,8-9,13-14,29H2,(H2,32,33,34). The molecule has 4 rings (SSSR count). The summed E-state index contributed by atoms with van der Waals surface area (Å²) < 4.78 is 61.5. The predicted octanol–water partition coefficient (Wildman–Crippen LogP) is 4.96. The predicted molar refractivity (Wildman–Crippen MR) is 137 cm³/mol. The number of ether oxygens (including phenoxy) is 1. The fraction of sp³-hybridized carbons (Fsp3) is 0.240. The van der Waals surface area contributed by atoms with E-state index in [4.69, 9.17) is 20.3 Å². The number of aliphatic hydroxyl groups excluding tert-OH is 1. The van der Waals surface area contributed by atoms with Gasteiger partial charge in [-0.3, -0.25) is 9.32 Å². The van der Waals surface area contributed by atoms with E-state index >= 15 is 0 Å². The van der Waals surface area contributed by atoms with Gasteiger partial charge in [-0.2, -0.15) is 13.2 Å². The molecule has 1 unspecified atom stereocenters. The summed E-state index contributed by atoms with van der Waals surface area (Å²) in [5, 5.41) is 10.4. The van der Waals surface area contributed by atoms with Gasteiger partial charge in [0.25, 0.3) is 0 Å². The third-order valence-corrected chi connectivity index (χ3v) is 7.47. The minimum absolute atomic E-state index is 0.0183. The maximum Gasteiger partial charge on any atom is 0.469 e. The zero-order valence-electron chi connectivity index (χ0n) is 19.6. The van der Waals surface area contributed by atoms with Crippen LogP contribution in [0.1, 0.15) is 17.5 Å². The zero-order valence-corrected chi connectivity index (χ0v) is 21.4. The Morgan fingerprint density at radius 2 is 1.61 bits per heavy atom. The molecule has 0 radical (unpaired) electrons. The van der Waals surface area contributed by atoms with Crippen LogP contribution in [0.3, 0.4) is 0 Å². The van der Waals surface area contributed by atoms with Gasteiger partial charge in [0.05, 0.1) is 24.3 Å². The molecule has 0 aliphatic heterocycles. The Morgan fingerprint density at radius 1 is 0.947 bits per heavy atom. The number of phosphoric acid groups is 1. The molecular weight excluding hydrogens is 546 g/mol. The molecular formula is C25H23F3NO7PS. The Balaban J connectivity index is 1.60. The van der Waals surface area contributed by atoms with E-state index in [9.17, 15) is 27.6 Å². The number of alkyl halides is 3. The van der Waals surface area contributed by atoms with Crippen molar-refractivity contribution in [3.05, 3.63) is 82.0 Å². The van der Waals surface area contributed by atoms with E-state index in [0.29, 0.717) is 32.2 Å². The molecule has 0 amide bonds. The van der Waals surface area contributed by atoms with Crippen molar-refractivity contribution in [3.63, 3.8) is 0 Å². The molecule has 1 atom stereocenters. The average Bonchev–Trinajstić information content (AvgIpc) is 2.86. The van der Waals surface area contributed by atoms with Crippen LogP contribution in [-0.2, 0) is 21.7 Å². The minimum atomic E-state index is -4.76. The van der Waals surface area contributed by atoms with Crippen molar-refractivity contribution >= 4 is 39.3 Å². The van der Waals surface area contributed by atoms with Crippen LogP contribution < -0.4 is 15.9 Å². The van der Waals surface area contributed by atoms with Crippen LogP contribution in [0, 0.1) is 0 Å². The van der Waals surface area contributed by atoms with Crippen LogP contribution in [0.2, 0.25) is 0 Å². The molecule has 38 heavy (non-hydrogen) atoms. The number of aryl methyl sites for hydroxylation is 1. The lowest BCUT2D eigenvalue weighted by molar-refractivity contribution is -0.137.